The van der Waals surface area contributed by atoms with Gasteiger partial charge in [-0.3, -0.25) is 0 Å². The van der Waals surface area contributed by atoms with E-state index in [0.29, 0.717) is 18.5 Å². The van der Waals surface area contributed by atoms with Crippen LogP contribution in [0.5, 0.6) is 0 Å². The third-order valence-electron chi connectivity index (χ3n) is 1.82. The van der Waals surface area contributed by atoms with Crippen LogP contribution in [0, 0.1) is 0 Å². The zero-order valence-electron chi connectivity index (χ0n) is 8.40. The van der Waals surface area contributed by atoms with Gasteiger partial charge in [-0.1, -0.05) is 23.3 Å². The highest BCUT2D eigenvalue weighted by molar-refractivity contribution is 5.50. The standard InChI is InChI=1S/C10H12N4O/c1-11-7-9-13-14-10(15-9)12-8-5-3-2-4-6-8/h2-6,11H,7H2,1H3,(H,12,14). The highest BCUT2D eigenvalue weighted by Crippen LogP contribution is 2.13. The highest BCUT2D eigenvalue weighted by Gasteiger charge is 2.04. The van der Waals surface area contributed by atoms with Crippen molar-refractivity contribution in [3.63, 3.8) is 0 Å². The van der Waals surface area contributed by atoms with Crippen molar-refractivity contribution in [1.29, 1.82) is 0 Å². The van der Waals surface area contributed by atoms with Crippen molar-refractivity contribution in [3.05, 3.63) is 36.2 Å². The number of rotatable bonds is 4. The Morgan fingerprint density at radius 2 is 2.00 bits per heavy atom. The minimum Gasteiger partial charge on any atom is -0.406 e. The first-order valence-electron chi connectivity index (χ1n) is 4.67. The van der Waals surface area contributed by atoms with Gasteiger partial charge in [0, 0.05) is 5.69 Å². The molecule has 1 heterocycles. The number of aromatic nitrogens is 2. The first-order chi connectivity index (χ1) is 7.38. The predicted molar refractivity (Wildman–Crippen MR) is 56.8 cm³/mol. The summed E-state index contributed by atoms with van der Waals surface area (Å²) in [6, 6.07) is 10.1. The van der Waals surface area contributed by atoms with Crippen LogP contribution in [0.3, 0.4) is 0 Å². The second kappa shape index (κ2) is 4.56. The molecule has 0 atom stereocenters. The maximum Gasteiger partial charge on any atom is 0.320 e. The Morgan fingerprint density at radius 3 is 2.73 bits per heavy atom. The van der Waals surface area contributed by atoms with Gasteiger partial charge in [-0.15, -0.1) is 5.10 Å². The molecule has 15 heavy (non-hydrogen) atoms. The lowest BCUT2D eigenvalue weighted by Crippen LogP contribution is -2.04. The number of nitrogens with one attached hydrogen (secondary N) is 2. The fourth-order valence-electron chi connectivity index (χ4n) is 1.17. The SMILES string of the molecule is CNCc1nnc(Nc2ccccc2)o1. The summed E-state index contributed by atoms with van der Waals surface area (Å²) in [6.07, 6.45) is 0. The Morgan fingerprint density at radius 1 is 1.20 bits per heavy atom. The maximum absolute atomic E-state index is 5.33. The number of nitrogens with zero attached hydrogens (tertiary/aromatic N) is 2. The van der Waals surface area contributed by atoms with Crippen molar-refractivity contribution in [3.8, 4) is 0 Å². The van der Waals surface area contributed by atoms with Crippen LogP contribution in [-0.4, -0.2) is 17.2 Å². The average molecular weight is 204 g/mol. The summed E-state index contributed by atoms with van der Waals surface area (Å²) >= 11 is 0. The lowest BCUT2D eigenvalue weighted by Gasteiger charge is -1.98. The normalized spacial score (nSPS) is 10.2. The molecule has 0 unspecified atom stereocenters. The van der Waals surface area contributed by atoms with Crippen LogP contribution < -0.4 is 10.6 Å². The first-order valence-corrected chi connectivity index (χ1v) is 4.67. The maximum atomic E-state index is 5.33. The Kier molecular flexibility index (Phi) is 2.94. The first kappa shape index (κ1) is 9.67. The van der Waals surface area contributed by atoms with E-state index in [1.54, 1.807) is 0 Å². The number of benzene rings is 1. The van der Waals surface area contributed by atoms with E-state index in [1.165, 1.54) is 0 Å². The van der Waals surface area contributed by atoms with E-state index in [0.717, 1.165) is 5.69 Å². The summed E-state index contributed by atoms with van der Waals surface area (Å²) in [5.41, 5.74) is 0.928. The number of hydrogen-bond donors (Lipinski definition) is 2. The lowest BCUT2D eigenvalue weighted by molar-refractivity contribution is 0.493. The van der Waals surface area contributed by atoms with Gasteiger partial charge in [0.05, 0.1) is 6.54 Å². The Balaban J connectivity index is 2.05. The summed E-state index contributed by atoms with van der Waals surface area (Å²) in [5.74, 6) is 0.566. The number of hydrogen-bond acceptors (Lipinski definition) is 5. The van der Waals surface area contributed by atoms with E-state index in [1.807, 2.05) is 37.4 Å². The van der Waals surface area contributed by atoms with Crippen molar-refractivity contribution >= 4 is 11.7 Å². The van der Waals surface area contributed by atoms with Crippen molar-refractivity contribution < 1.29 is 4.42 Å². The predicted octanol–water partition coefficient (Wildman–Crippen LogP) is 1.53. The second-order valence-corrected chi connectivity index (χ2v) is 3.02. The number of para-hydroxylation sites is 1. The monoisotopic (exact) mass is 204 g/mol. The van der Waals surface area contributed by atoms with E-state index in [2.05, 4.69) is 20.8 Å². The van der Waals surface area contributed by atoms with Gasteiger partial charge in [0.15, 0.2) is 0 Å². The van der Waals surface area contributed by atoms with Gasteiger partial charge >= 0.3 is 6.01 Å². The molecule has 0 spiro atoms. The molecule has 2 rings (SSSR count). The Hall–Kier alpha value is -1.88. The summed E-state index contributed by atoms with van der Waals surface area (Å²) in [4.78, 5) is 0. The fraction of sp³-hybridized carbons (Fsp3) is 0.200. The number of anilines is 2. The summed E-state index contributed by atoms with van der Waals surface area (Å²) in [6.45, 7) is 0.573. The molecule has 1 aromatic heterocycles. The zero-order valence-corrected chi connectivity index (χ0v) is 8.40. The van der Waals surface area contributed by atoms with Gasteiger partial charge in [0.25, 0.3) is 0 Å². The van der Waals surface area contributed by atoms with Crippen LogP contribution in [0.4, 0.5) is 11.7 Å². The molecule has 5 heteroatoms. The van der Waals surface area contributed by atoms with Crippen molar-refractivity contribution in [2.24, 2.45) is 0 Å². The third-order valence-corrected chi connectivity index (χ3v) is 1.82. The van der Waals surface area contributed by atoms with Crippen LogP contribution in [0.15, 0.2) is 34.7 Å². The molecule has 0 saturated carbocycles. The van der Waals surface area contributed by atoms with Crippen LogP contribution in [-0.2, 0) is 6.54 Å². The highest BCUT2D eigenvalue weighted by atomic mass is 16.4. The van der Waals surface area contributed by atoms with E-state index >= 15 is 0 Å². The Bertz CT molecular complexity index is 412. The molecule has 2 N–H and O–H groups in total. The molecule has 0 aliphatic rings. The van der Waals surface area contributed by atoms with Crippen LogP contribution in [0.25, 0.3) is 0 Å². The van der Waals surface area contributed by atoms with Gasteiger partial charge in [0.2, 0.25) is 5.89 Å². The van der Waals surface area contributed by atoms with E-state index in [-0.39, 0.29) is 0 Å². The molecule has 2 aromatic rings. The molecule has 0 aliphatic heterocycles. The van der Waals surface area contributed by atoms with Crippen LogP contribution >= 0.6 is 0 Å². The summed E-state index contributed by atoms with van der Waals surface area (Å²) in [7, 11) is 1.83. The van der Waals surface area contributed by atoms with Gasteiger partial charge in [-0.05, 0) is 19.2 Å². The second-order valence-electron chi connectivity index (χ2n) is 3.02. The summed E-state index contributed by atoms with van der Waals surface area (Å²) in [5, 5.41) is 13.7. The van der Waals surface area contributed by atoms with Crippen molar-refractivity contribution in [2.45, 2.75) is 6.54 Å². The molecule has 78 valence electrons. The smallest absolute Gasteiger partial charge is 0.320 e. The van der Waals surface area contributed by atoms with Gasteiger partial charge in [-0.25, -0.2) is 0 Å². The molecule has 0 aliphatic carbocycles. The minimum atomic E-state index is 0.409. The molecular formula is C10H12N4O. The molecule has 0 saturated heterocycles. The molecule has 0 fully saturated rings. The average Bonchev–Trinajstić information content (AvgIpc) is 2.68. The lowest BCUT2D eigenvalue weighted by atomic mass is 10.3. The molecule has 0 amide bonds. The van der Waals surface area contributed by atoms with Gasteiger partial charge in [-0.2, -0.15) is 0 Å². The van der Waals surface area contributed by atoms with Crippen LogP contribution in [0.1, 0.15) is 5.89 Å². The third kappa shape index (κ3) is 2.54. The van der Waals surface area contributed by atoms with Gasteiger partial charge < -0.3 is 15.1 Å². The molecule has 5 nitrogen and oxygen atoms in total. The zero-order chi connectivity index (χ0) is 10.5. The van der Waals surface area contributed by atoms with Crippen molar-refractivity contribution in [2.75, 3.05) is 12.4 Å². The Labute approximate surface area is 87.5 Å². The van der Waals surface area contributed by atoms with E-state index in [9.17, 15) is 0 Å². The molecule has 1 aromatic carbocycles. The van der Waals surface area contributed by atoms with E-state index < -0.39 is 0 Å². The molecular weight excluding hydrogens is 192 g/mol. The van der Waals surface area contributed by atoms with Crippen molar-refractivity contribution in [1.82, 2.24) is 15.5 Å². The van der Waals surface area contributed by atoms with E-state index in [4.69, 9.17) is 4.42 Å². The largest absolute Gasteiger partial charge is 0.406 e. The van der Waals surface area contributed by atoms with Gasteiger partial charge in [0.1, 0.15) is 0 Å². The molecule has 0 bridgehead atoms. The topological polar surface area (TPSA) is 63.0 Å². The quantitative estimate of drug-likeness (QED) is 0.790. The minimum absolute atomic E-state index is 0.409. The van der Waals surface area contributed by atoms with Crippen LogP contribution in [0.2, 0.25) is 0 Å². The summed E-state index contributed by atoms with van der Waals surface area (Å²) < 4.78 is 5.33. The fourth-order valence-corrected chi connectivity index (χ4v) is 1.17. The molecule has 0 radical (unpaired) electrons.